The second-order valence-electron chi connectivity index (χ2n) is 8.78. The average Bonchev–Trinajstić information content (AvgIpc) is 3.50. The average molecular weight is 533 g/mol. The minimum Gasteiger partial charge on any atom is -0.477 e. The molecule has 1 aliphatic heterocycles. The molecule has 0 saturated carbocycles. The fourth-order valence-corrected chi connectivity index (χ4v) is 4.67. The van der Waals surface area contributed by atoms with Crippen LogP contribution in [0.1, 0.15) is 39.7 Å². The summed E-state index contributed by atoms with van der Waals surface area (Å²) >= 11 is 6.55. The summed E-state index contributed by atoms with van der Waals surface area (Å²) in [6.07, 6.45) is 0.411. The fraction of sp³-hybridized carbons (Fsp3) is 0.207. The lowest BCUT2D eigenvalue weighted by molar-refractivity contribution is -0.142. The zero-order valence-electron chi connectivity index (χ0n) is 20.6. The third-order valence-electron chi connectivity index (χ3n) is 6.22. The second-order valence-corrected chi connectivity index (χ2v) is 9.18. The van der Waals surface area contributed by atoms with E-state index in [0.29, 0.717) is 39.9 Å². The molecule has 0 amide bonds. The standard InChI is InChI=1S/C29H25ClN2O6/c1-2-36-26(33)12-18-8-10-19(11-9-18)16-32-28(29(34)35)22(27(31-32)20-6-4-3-5-7-20)13-21-14-24-25(15-23(21)30)38-17-37-24/h3-11,14-15H,2,12-13,16-17H2,1H3,(H,34,35). The highest BCUT2D eigenvalue weighted by Gasteiger charge is 2.26. The Morgan fingerprint density at radius 3 is 2.39 bits per heavy atom. The molecule has 4 aromatic rings. The molecular weight excluding hydrogens is 508 g/mol. The minimum atomic E-state index is -1.09. The molecular formula is C29H25ClN2O6. The topological polar surface area (TPSA) is 99.9 Å². The molecule has 2 heterocycles. The Balaban J connectivity index is 1.52. The Morgan fingerprint density at radius 1 is 1.03 bits per heavy atom. The van der Waals surface area contributed by atoms with Crippen LogP contribution in [0, 0.1) is 0 Å². The van der Waals surface area contributed by atoms with Crippen molar-refractivity contribution in [3.63, 3.8) is 0 Å². The molecule has 0 saturated heterocycles. The highest BCUT2D eigenvalue weighted by molar-refractivity contribution is 6.31. The van der Waals surface area contributed by atoms with Crippen LogP contribution < -0.4 is 9.47 Å². The minimum absolute atomic E-state index is 0.0770. The van der Waals surface area contributed by atoms with E-state index in [-0.39, 0.29) is 37.8 Å². The zero-order chi connectivity index (χ0) is 26.6. The van der Waals surface area contributed by atoms with Crippen LogP contribution in [0.2, 0.25) is 5.02 Å². The van der Waals surface area contributed by atoms with Crippen LogP contribution in [0.25, 0.3) is 11.3 Å². The van der Waals surface area contributed by atoms with Crippen molar-refractivity contribution in [3.8, 4) is 22.8 Å². The first-order valence-corrected chi connectivity index (χ1v) is 12.5. The van der Waals surface area contributed by atoms with Gasteiger partial charge in [0.05, 0.1) is 25.3 Å². The van der Waals surface area contributed by atoms with Crippen molar-refractivity contribution < 1.29 is 28.9 Å². The highest BCUT2D eigenvalue weighted by Crippen LogP contribution is 2.39. The quantitative estimate of drug-likeness (QED) is 0.289. The van der Waals surface area contributed by atoms with E-state index in [4.69, 9.17) is 30.9 Å². The van der Waals surface area contributed by atoms with Crippen LogP contribution in [0.3, 0.4) is 0 Å². The van der Waals surface area contributed by atoms with Gasteiger partial charge in [-0.15, -0.1) is 0 Å². The normalized spacial score (nSPS) is 11.9. The largest absolute Gasteiger partial charge is 0.477 e. The second kappa shape index (κ2) is 11.0. The van der Waals surface area contributed by atoms with Crippen molar-refractivity contribution in [1.82, 2.24) is 9.78 Å². The van der Waals surface area contributed by atoms with Gasteiger partial charge in [-0.25, -0.2) is 4.79 Å². The summed E-state index contributed by atoms with van der Waals surface area (Å²) < 4.78 is 17.4. The lowest BCUT2D eigenvalue weighted by Gasteiger charge is -2.09. The van der Waals surface area contributed by atoms with Crippen molar-refractivity contribution in [2.45, 2.75) is 26.3 Å². The van der Waals surface area contributed by atoms with Gasteiger partial charge in [-0.1, -0.05) is 66.2 Å². The molecule has 0 aliphatic carbocycles. The van der Waals surface area contributed by atoms with Gasteiger partial charge >= 0.3 is 11.9 Å². The van der Waals surface area contributed by atoms with E-state index >= 15 is 0 Å². The molecule has 1 N–H and O–H groups in total. The van der Waals surface area contributed by atoms with Gasteiger partial charge in [-0.3, -0.25) is 9.48 Å². The van der Waals surface area contributed by atoms with E-state index in [0.717, 1.165) is 16.7 Å². The summed E-state index contributed by atoms with van der Waals surface area (Å²) in [4.78, 5) is 24.4. The molecule has 0 spiro atoms. The molecule has 0 fully saturated rings. The molecule has 5 rings (SSSR count). The highest BCUT2D eigenvalue weighted by atomic mass is 35.5. The number of carboxylic acid groups (broad SMARTS) is 1. The number of benzene rings is 3. The number of fused-ring (bicyclic) bond motifs is 1. The summed E-state index contributed by atoms with van der Waals surface area (Å²) in [5, 5.41) is 15.5. The third kappa shape index (κ3) is 5.35. The Labute approximate surface area is 224 Å². The predicted octanol–water partition coefficient (Wildman–Crippen LogP) is 5.38. The fourth-order valence-electron chi connectivity index (χ4n) is 4.45. The first-order chi connectivity index (χ1) is 18.4. The molecule has 194 valence electrons. The van der Waals surface area contributed by atoms with Crippen LogP contribution in [0.5, 0.6) is 11.5 Å². The maximum Gasteiger partial charge on any atom is 0.354 e. The van der Waals surface area contributed by atoms with Crippen LogP contribution in [-0.2, 0) is 28.9 Å². The molecule has 8 nitrogen and oxygen atoms in total. The van der Waals surface area contributed by atoms with Crippen LogP contribution in [0.15, 0.2) is 66.7 Å². The predicted molar refractivity (Wildman–Crippen MR) is 141 cm³/mol. The summed E-state index contributed by atoms with van der Waals surface area (Å²) in [6, 6.07) is 20.3. The molecule has 0 bridgehead atoms. The van der Waals surface area contributed by atoms with Gasteiger partial charge in [0.2, 0.25) is 6.79 Å². The van der Waals surface area contributed by atoms with Gasteiger partial charge in [0.25, 0.3) is 0 Å². The summed E-state index contributed by atoms with van der Waals surface area (Å²) in [5.41, 5.74) is 4.35. The number of ether oxygens (including phenoxy) is 3. The Hall–Kier alpha value is -4.30. The number of aromatic nitrogens is 2. The van der Waals surface area contributed by atoms with Crippen LogP contribution >= 0.6 is 11.6 Å². The first kappa shape index (κ1) is 25.4. The number of carboxylic acids is 1. The first-order valence-electron chi connectivity index (χ1n) is 12.1. The van der Waals surface area contributed by atoms with Crippen molar-refractivity contribution in [2.24, 2.45) is 0 Å². The Bertz CT molecular complexity index is 1480. The lowest BCUT2D eigenvalue weighted by Crippen LogP contribution is -2.13. The van der Waals surface area contributed by atoms with E-state index < -0.39 is 5.97 Å². The van der Waals surface area contributed by atoms with Crippen molar-refractivity contribution in [2.75, 3.05) is 13.4 Å². The van der Waals surface area contributed by atoms with Gasteiger partial charge in [0, 0.05) is 28.6 Å². The van der Waals surface area contributed by atoms with Gasteiger partial charge < -0.3 is 19.3 Å². The van der Waals surface area contributed by atoms with Crippen molar-refractivity contribution in [1.29, 1.82) is 0 Å². The maximum absolute atomic E-state index is 12.6. The monoisotopic (exact) mass is 532 g/mol. The number of nitrogens with zero attached hydrogens (tertiary/aromatic N) is 2. The van der Waals surface area contributed by atoms with E-state index in [1.807, 2.05) is 54.6 Å². The van der Waals surface area contributed by atoms with Gasteiger partial charge in [-0.2, -0.15) is 5.10 Å². The molecule has 38 heavy (non-hydrogen) atoms. The number of halogens is 1. The molecule has 0 radical (unpaired) electrons. The van der Waals surface area contributed by atoms with Crippen LogP contribution in [-0.4, -0.2) is 40.2 Å². The number of hydrogen-bond donors (Lipinski definition) is 1. The molecule has 1 aromatic heterocycles. The van der Waals surface area contributed by atoms with Crippen molar-refractivity contribution >= 4 is 23.5 Å². The van der Waals surface area contributed by atoms with E-state index in [9.17, 15) is 14.7 Å². The summed E-state index contributed by atoms with van der Waals surface area (Å²) in [6.45, 7) is 2.44. The number of rotatable bonds is 9. The molecule has 0 atom stereocenters. The SMILES string of the molecule is CCOC(=O)Cc1ccc(Cn2nc(-c3ccccc3)c(Cc3cc4c(cc3Cl)OCO4)c2C(=O)O)cc1. The summed E-state index contributed by atoms with van der Waals surface area (Å²) in [7, 11) is 0. The third-order valence-corrected chi connectivity index (χ3v) is 6.57. The van der Waals surface area contributed by atoms with Gasteiger partial charge in [0.15, 0.2) is 17.2 Å². The van der Waals surface area contributed by atoms with E-state index in [1.54, 1.807) is 19.1 Å². The Kier molecular flexibility index (Phi) is 7.33. The van der Waals surface area contributed by atoms with Crippen molar-refractivity contribution in [3.05, 3.63) is 99.7 Å². The van der Waals surface area contributed by atoms with E-state index in [2.05, 4.69) is 0 Å². The van der Waals surface area contributed by atoms with Gasteiger partial charge in [-0.05, 0) is 29.7 Å². The molecule has 1 aliphatic rings. The van der Waals surface area contributed by atoms with E-state index in [1.165, 1.54) is 4.68 Å². The zero-order valence-corrected chi connectivity index (χ0v) is 21.4. The number of hydrogen-bond acceptors (Lipinski definition) is 6. The van der Waals surface area contributed by atoms with Crippen LogP contribution in [0.4, 0.5) is 0 Å². The van der Waals surface area contributed by atoms with Gasteiger partial charge in [0.1, 0.15) is 0 Å². The summed E-state index contributed by atoms with van der Waals surface area (Å²) in [5.74, 6) is -0.259. The number of aromatic carboxylic acids is 1. The number of carbonyl (C=O) groups is 2. The number of carbonyl (C=O) groups excluding carboxylic acids is 1. The molecule has 9 heteroatoms. The number of esters is 1. The smallest absolute Gasteiger partial charge is 0.354 e. The molecule has 0 unspecified atom stereocenters. The lowest BCUT2D eigenvalue weighted by atomic mass is 9.98. The Morgan fingerprint density at radius 2 is 1.71 bits per heavy atom. The molecule has 3 aromatic carbocycles. The maximum atomic E-state index is 12.6.